The number of carbonyl (C=O) groups excluding carboxylic acids is 1. The van der Waals surface area contributed by atoms with E-state index in [1.54, 1.807) is 25.7 Å². The Hall–Kier alpha value is -2.03. The zero-order valence-corrected chi connectivity index (χ0v) is 14.1. The van der Waals surface area contributed by atoms with Crippen molar-refractivity contribution in [1.29, 1.82) is 0 Å². The van der Waals surface area contributed by atoms with Crippen LogP contribution >= 0.6 is 0 Å². The van der Waals surface area contributed by atoms with Gasteiger partial charge in [0.1, 0.15) is 11.4 Å². The summed E-state index contributed by atoms with van der Waals surface area (Å²) in [6.45, 7) is 5.62. The first-order chi connectivity index (χ1) is 11.5. The molecule has 3 atom stereocenters. The molecule has 9 heteroatoms. The first-order valence-corrected chi connectivity index (χ1v) is 7.95. The smallest absolute Gasteiger partial charge is 0.416 e. The van der Waals surface area contributed by atoms with E-state index in [0.29, 0.717) is 0 Å². The van der Waals surface area contributed by atoms with E-state index in [1.165, 1.54) is 4.90 Å². The number of pyridine rings is 1. The van der Waals surface area contributed by atoms with E-state index in [-0.39, 0.29) is 18.9 Å². The van der Waals surface area contributed by atoms with Crippen molar-refractivity contribution in [1.82, 2.24) is 9.88 Å². The first-order valence-electron chi connectivity index (χ1n) is 7.95. The average molecular weight is 359 g/mol. The Balaban J connectivity index is 1.77. The van der Waals surface area contributed by atoms with Crippen LogP contribution in [-0.4, -0.2) is 58.0 Å². The van der Waals surface area contributed by atoms with Crippen LogP contribution in [-0.2, 0) is 10.9 Å². The number of piperazine rings is 1. The highest BCUT2D eigenvalue weighted by atomic mass is 19.4. The van der Waals surface area contributed by atoms with E-state index < -0.39 is 41.6 Å². The topological polar surface area (TPSA) is 65.9 Å². The van der Waals surface area contributed by atoms with Crippen LogP contribution in [0.2, 0.25) is 0 Å². The summed E-state index contributed by atoms with van der Waals surface area (Å²) in [5, 5.41) is 10.4. The minimum absolute atomic E-state index is 0.144. The summed E-state index contributed by atoms with van der Waals surface area (Å²) in [6.07, 6.45) is -4.75. The number of likely N-dealkylation sites (tertiary alicyclic amines) is 1. The van der Waals surface area contributed by atoms with Crippen LogP contribution in [0.4, 0.5) is 23.8 Å². The van der Waals surface area contributed by atoms with Crippen LogP contribution < -0.4 is 4.90 Å². The van der Waals surface area contributed by atoms with Gasteiger partial charge in [-0.2, -0.15) is 13.2 Å². The highest BCUT2D eigenvalue weighted by Gasteiger charge is 2.54. The highest BCUT2D eigenvalue weighted by Crippen LogP contribution is 2.37. The molecule has 0 saturated carbocycles. The molecule has 0 aliphatic carbocycles. The fourth-order valence-electron chi connectivity index (χ4n) is 3.26. The summed E-state index contributed by atoms with van der Waals surface area (Å²) in [5.74, 6) is 0.144. The van der Waals surface area contributed by atoms with E-state index in [0.717, 1.165) is 18.3 Å². The third kappa shape index (κ3) is 3.37. The molecule has 2 aliphatic rings. The number of fused-ring (bicyclic) bond motifs is 2. The molecular weight excluding hydrogens is 339 g/mol. The van der Waals surface area contributed by atoms with Gasteiger partial charge in [0, 0.05) is 19.3 Å². The second-order valence-corrected chi connectivity index (χ2v) is 7.31. The molecule has 1 amide bonds. The second kappa shape index (κ2) is 5.76. The van der Waals surface area contributed by atoms with Gasteiger partial charge in [-0.1, -0.05) is 0 Å². The fraction of sp³-hybridized carbons (Fsp3) is 0.625. The van der Waals surface area contributed by atoms with Crippen LogP contribution in [0.1, 0.15) is 26.3 Å². The summed E-state index contributed by atoms with van der Waals surface area (Å²) in [7, 11) is 0. The lowest BCUT2D eigenvalue weighted by Crippen LogP contribution is -2.50. The molecular formula is C16H20F3N3O3. The number of aromatic nitrogens is 1. The number of anilines is 1. The normalized spacial score (nSPS) is 26.3. The van der Waals surface area contributed by atoms with Crippen LogP contribution in [0, 0.1) is 0 Å². The van der Waals surface area contributed by atoms with Gasteiger partial charge in [0.15, 0.2) is 0 Å². The maximum Gasteiger partial charge on any atom is 0.416 e. The molecule has 3 unspecified atom stereocenters. The Labute approximate surface area is 143 Å². The molecule has 0 aromatic carbocycles. The standard InChI is InChI=1S/C16H20F3N3O3/c1-15(2,3)25-14(24)22-8-10-13(23)11(22)7-21(10)12-6-9(4-5-20-12)16(17,18)19/h4-6,10-11,13,23H,7-8H2,1-3H3. The largest absolute Gasteiger partial charge is 0.444 e. The zero-order chi connectivity index (χ0) is 18.6. The Morgan fingerprint density at radius 3 is 2.48 bits per heavy atom. The minimum Gasteiger partial charge on any atom is -0.444 e. The maximum absolute atomic E-state index is 12.9. The Bertz CT molecular complexity index is 675. The predicted molar refractivity (Wildman–Crippen MR) is 83.1 cm³/mol. The van der Waals surface area contributed by atoms with Gasteiger partial charge in [-0.25, -0.2) is 9.78 Å². The molecule has 0 radical (unpaired) electrons. The predicted octanol–water partition coefficient (Wildman–Crippen LogP) is 2.27. The zero-order valence-electron chi connectivity index (χ0n) is 14.1. The molecule has 1 aromatic rings. The Kier molecular flexibility index (Phi) is 4.09. The van der Waals surface area contributed by atoms with Gasteiger partial charge < -0.3 is 14.7 Å². The summed E-state index contributed by atoms with van der Waals surface area (Å²) >= 11 is 0. The average Bonchev–Trinajstić information content (AvgIpc) is 2.97. The number of aliphatic hydroxyl groups is 1. The van der Waals surface area contributed by atoms with E-state index in [4.69, 9.17) is 4.74 Å². The third-order valence-corrected chi connectivity index (χ3v) is 4.35. The summed E-state index contributed by atoms with van der Waals surface area (Å²) in [4.78, 5) is 19.3. The van der Waals surface area contributed by atoms with Gasteiger partial charge in [-0.15, -0.1) is 0 Å². The Morgan fingerprint density at radius 1 is 1.28 bits per heavy atom. The highest BCUT2D eigenvalue weighted by molar-refractivity contribution is 5.70. The Morgan fingerprint density at radius 2 is 1.96 bits per heavy atom. The molecule has 3 heterocycles. The summed E-state index contributed by atoms with van der Waals surface area (Å²) in [6, 6.07) is 0.830. The van der Waals surface area contributed by atoms with Gasteiger partial charge in [0.2, 0.25) is 0 Å². The third-order valence-electron chi connectivity index (χ3n) is 4.35. The number of aliphatic hydroxyl groups excluding tert-OH is 1. The monoisotopic (exact) mass is 359 g/mol. The van der Waals surface area contributed by atoms with E-state index in [2.05, 4.69) is 4.98 Å². The van der Waals surface area contributed by atoms with Crippen molar-refractivity contribution in [2.24, 2.45) is 0 Å². The van der Waals surface area contributed by atoms with E-state index >= 15 is 0 Å². The quantitative estimate of drug-likeness (QED) is 0.833. The number of alkyl halides is 3. The molecule has 138 valence electrons. The second-order valence-electron chi connectivity index (χ2n) is 7.31. The molecule has 1 N–H and O–H groups in total. The van der Waals surface area contributed by atoms with Crippen molar-refractivity contribution in [3.8, 4) is 0 Å². The van der Waals surface area contributed by atoms with Crippen molar-refractivity contribution in [3.05, 3.63) is 23.9 Å². The molecule has 6 nitrogen and oxygen atoms in total. The van der Waals surface area contributed by atoms with Crippen molar-refractivity contribution >= 4 is 11.9 Å². The van der Waals surface area contributed by atoms with Crippen molar-refractivity contribution in [3.63, 3.8) is 0 Å². The fourth-order valence-corrected chi connectivity index (χ4v) is 3.26. The number of rotatable bonds is 1. The number of ether oxygens (including phenoxy) is 1. The van der Waals surface area contributed by atoms with Crippen molar-refractivity contribution in [2.45, 2.75) is 50.7 Å². The molecule has 0 spiro atoms. The number of amides is 1. The van der Waals surface area contributed by atoms with Crippen LogP contribution in [0.25, 0.3) is 0 Å². The molecule has 2 aliphatic heterocycles. The maximum atomic E-state index is 12.9. The lowest BCUT2D eigenvalue weighted by Gasteiger charge is -2.35. The SMILES string of the molecule is CC(C)(C)OC(=O)N1CC2C(O)C1CN2c1cc(C(F)(F)F)ccn1. The minimum atomic E-state index is -4.46. The molecule has 2 bridgehead atoms. The molecule has 2 saturated heterocycles. The number of hydrogen-bond donors (Lipinski definition) is 1. The molecule has 2 fully saturated rings. The summed E-state index contributed by atoms with van der Waals surface area (Å²) < 4.78 is 44.0. The number of hydrogen-bond acceptors (Lipinski definition) is 5. The number of halogens is 3. The van der Waals surface area contributed by atoms with Gasteiger partial charge in [0.25, 0.3) is 0 Å². The molecule has 3 rings (SSSR count). The molecule has 25 heavy (non-hydrogen) atoms. The van der Waals surface area contributed by atoms with Crippen molar-refractivity contribution < 1.29 is 27.8 Å². The van der Waals surface area contributed by atoms with Gasteiger partial charge in [-0.3, -0.25) is 4.90 Å². The van der Waals surface area contributed by atoms with Crippen molar-refractivity contribution in [2.75, 3.05) is 18.0 Å². The first kappa shape index (κ1) is 17.8. The number of nitrogens with zero attached hydrogens (tertiary/aromatic N) is 3. The lowest BCUT2D eigenvalue weighted by molar-refractivity contribution is -0.137. The van der Waals surface area contributed by atoms with E-state index in [9.17, 15) is 23.1 Å². The van der Waals surface area contributed by atoms with Crippen LogP contribution in [0.3, 0.4) is 0 Å². The van der Waals surface area contributed by atoms with E-state index in [1.807, 2.05) is 0 Å². The summed E-state index contributed by atoms with van der Waals surface area (Å²) in [5.41, 5.74) is -1.45. The number of carbonyl (C=O) groups is 1. The van der Waals surface area contributed by atoms with Crippen LogP contribution in [0.15, 0.2) is 18.3 Å². The van der Waals surface area contributed by atoms with Gasteiger partial charge in [-0.05, 0) is 32.9 Å². The molecule has 1 aromatic heterocycles. The van der Waals surface area contributed by atoms with Gasteiger partial charge in [0.05, 0.1) is 23.8 Å². The lowest BCUT2D eigenvalue weighted by atomic mass is 10.2. The van der Waals surface area contributed by atoms with Gasteiger partial charge >= 0.3 is 12.3 Å². The van der Waals surface area contributed by atoms with Crippen LogP contribution in [0.5, 0.6) is 0 Å².